The first-order chi connectivity index (χ1) is 5.97. The molecule has 13 heavy (non-hydrogen) atoms. The van der Waals surface area contributed by atoms with Gasteiger partial charge in [0, 0.05) is 0 Å². The standard InChI is InChI=1S/C6H6ClFN2O2S/c1-2-13(11,12)6-9-3-4(8)5(7)10-6/h3H,2H2,1H3. The highest BCUT2D eigenvalue weighted by molar-refractivity contribution is 7.91. The molecule has 0 aromatic carbocycles. The van der Waals surface area contributed by atoms with Gasteiger partial charge in [0.2, 0.25) is 15.0 Å². The van der Waals surface area contributed by atoms with Crippen LogP contribution in [0.15, 0.2) is 11.4 Å². The van der Waals surface area contributed by atoms with Crippen molar-refractivity contribution in [2.75, 3.05) is 5.75 Å². The van der Waals surface area contributed by atoms with Gasteiger partial charge in [-0.2, -0.15) is 0 Å². The molecule has 0 aliphatic rings. The van der Waals surface area contributed by atoms with Gasteiger partial charge in [-0.25, -0.2) is 22.8 Å². The van der Waals surface area contributed by atoms with Crippen molar-refractivity contribution in [3.63, 3.8) is 0 Å². The fourth-order valence-electron chi connectivity index (χ4n) is 0.610. The molecule has 0 aliphatic heterocycles. The van der Waals surface area contributed by atoms with Gasteiger partial charge in [-0.15, -0.1) is 0 Å². The summed E-state index contributed by atoms with van der Waals surface area (Å²) in [5.74, 6) is -0.980. The summed E-state index contributed by atoms with van der Waals surface area (Å²) in [6, 6.07) is 0. The summed E-state index contributed by atoms with van der Waals surface area (Å²) in [6.45, 7) is 1.44. The van der Waals surface area contributed by atoms with Crippen LogP contribution in [-0.4, -0.2) is 24.1 Å². The minimum atomic E-state index is -3.51. The molecule has 0 bridgehead atoms. The Kier molecular flexibility index (Phi) is 2.82. The molecule has 0 N–H and O–H groups in total. The van der Waals surface area contributed by atoms with Gasteiger partial charge in [0.05, 0.1) is 11.9 Å². The summed E-state index contributed by atoms with van der Waals surface area (Å²) in [7, 11) is -3.51. The maximum Gasteiger partial charge on any atom is 0.248 e. The lowest BCUT2D eigenvalue weighted by atomic mass is 10.6. The lowest BCUT2D eigenvalue weighted by Gasteiger charge is -1.99. The number of sulfone groups is 1. The third-order valence-corrected chi connectivity index (χ3v) is 3.12. The smallest absolute Gasteiger partial charge is 0.224 e. The second-order valence-corrected chi connectivity index (χ2v) is 4.72. The predicted octanol–water partition coefficient (Wildman–Crippen LogP) is 1.06. The largest absolute Gasteiger partial charge is 0.248 e. The summed E-state index contributed by atoms with van der Waals surface area (Å²) in [6.07, 6.45) is 0.734. The number of rotatable bonds is 2. The Morgan fingerprint density at radius 1 is 1.62 bits per heavy atom. The highest BCUT2D eigenvalue weighted by atomic mass is 35.5. The molecule has 0 saturated heterocycles. The van der Waals surface area contributed by atoms with Crippen molar-refractivity contribution in [3.8, 4) is 0 Å². The maximum atomic E-state index is 12.5. The van der Waals surface area contributed by atoms with Crippen LogP contribution in [0.2, 0.25) is 5.15 Å². The predicted molar refractivity (Wildman–Crippen MR) is 44.7 cm³/mol. The SMILES string of the molecule is CCS(=O)(=O)c1ncc(F)c(Cl)n1. The summed E-state index contributed by atoms with van der Waals surface area (Å²) < 4.78 is 34.9. The molecule has 0 atom stereocenters. The van der Waals surface area contributed by atoms with Gasteiger partial charge in [-0.05, 0) is 0 Å². The van der Waals surface area contributed by atoms with Crippen molar-refractivity contribution < 1.29 is 12.8 Å². The molecule has 4 nitrogen and oxygen atoms in total. The van der Waals surface area contributed by atoms with Crippen molar-refractivity contribution in [1.29, 1.82) is 0 Å². The molecule has 0 aliphatic carbocycles. The zero-order valence-corrected chi connectivity index (χ0v) is 8.23. The summed E-state index contributed by atoms with van der Waals surface area (Å²) in [5.41, 5.74) is 0. The highest BCUT2D eigenvalue weighted by Crippen LogP contribution is 2.12. The molecule has 1 aromatic heterocycles. The molecule has 0 unspecified atom stereocenters. The van der Waals surface area contributed by atoms with E-state index in [0.29, 0.717) is 0 Å². The van der Waals surface area contributed by atoms with E-state index in [9.17, 15) is 12.8 Å². The van der Waals surface area contributed by atoms with Crippen molar-refractivity contribution in [2.24, 2.45) is 0 Å². The van der Waals surface area contributed by atoms with Gasteiger partial charge < -0.3 is 0 Å². The minimum absolute atomic E-state index is 0.144. The number of halogens is 2. The Morgan fingerprint density at radius 3 is 2.69 bits per heavy atom. The Morgan fingerprint density at radius 2 is 2.23 bits per heavy atom. The molecule has 0 radical (unpaired) electrons. The molecule has 1 aromatic rings. The Labute approximate surface area is 79.7 Å². The monoisotopic (exact) mass is 224 g/mol. The summed E-state index contributed by atoms with van der Waals surface area (Å²) in [5, 5.41) is -0.927. The molecular weight excluding hydrogens is 219 g/mol. The van der Waals surface area contributed by atoms with E-state index in [4.69, 9.17) is 11.6 Å². The third-order valence-electron chi connectivity index (χ3n) is 1.34. The van der Waals surface area contributed by atoms with Crippen molar-refractivity contribution in [1.82, 2.24) is 9.97 Å². The molecule has 1 rings (SSSR count). The van der Waals surface area contributed by atoms with Crippen molar-refractivity contribution in [3.05, 3.63) is 17.2 Å². The van der Waals surface area contributed by atoms with Crippen LogP contribution in [0, 0.1) is 5.82 Å². The number of nitrogens with zero attached hydrogens (tertiary/aromatic N) is 2. The summed E-state index contributed by atoms with van der Waals surface area (Å²) >= 11 is 5.29. The first-order valence-electron chi connectivity index (χ1n) is 3.38. The average Bonchev–Trinajstić information content (AvgIpc) is 2.09. The molecular formula is C6H6ClFN2O2S. The van der Waals surface area contributed by atoms with E-state index in [1.54, 1.807) is 0 Å². The van der Waals surface area contributed by atoms with E-state index in [1.807, 2.05) is 0 Å². The number of hydrogen-bond acceptors (Lipinski definition) is 4. The van der Waals surface area contributed by atoms with E-state index in [2.05, 4.69) is 9.97 Å². The quantitative estimate of drug-likeness (QED) is 0.557. The van der Waals surface area contributed by atoms with E-state index >= 15 is 0 Å². The first kappa shape index (κ1) is 10.3. The second-order valence-electron chi connectivity index (χ2n) is 2.19. The van der Waals surface area contributed by atoms with Crippen LogP contribution < -0.4 is 0 Å². The van der Waals surface area contributed by atoms with Crippen LogP contribution in [0.4, 0.5) is 4.39 Å². The highest BCUT2D eigenvalue weighted by Gasteiger charge is 2.16. The minimum Gasteiger partial charge on any atom is -0.224 e. The van der Waals surface area contributed by atoms with Crippen molar-refractivity contribution in [2.45, 2.75) is 12.1 Å². The maximum absolute atomic E-state index is 12.5. The second kappa shape index (κ2) is 3.55. The van der Waals surface area contributed by atoms with E-state index in [0.717, 1.165) is 6.20 Å². The normalized spacial score (nSPS) is 11.6. The molecule has 0 saturated carbocycles. The van der Waals surface area contributed by atoms with Gasteiger partial charge in [-0.3, -0.25) is 0 Å². The van der Waals surface area contributed by atoms with Gasteiger partial charge in [-0.1, -0.05) is 18.5 Å². The van der Waals surface area contributed by atoms with Gasteiger partial charge in [0.25, 0.3) is 0 Å². The van der Waals surface area contributed by atoms with Gasteiger partial charge in [0.15, 0.2) is 11.0 Å². The fourth-order valence-corrected chi connectivity index (χ4v) is 1.49. The summed E-state index contributed by atoms with van der Waals surface area (Å²) in [4.78, 5) is 6.63. The molecule has 0 spiro atoms. The molecule has 7 heteroatoms. The molecule has 1 heterocycles. The average molecular weight is 225 g/mol. The van der Waals surface area contributed by atoms with Gasteiger partial charge in [0.1, 0.15) is 0 Å². The van der Waals surface area contributed by atoms with E-state index in [1.165, 1.54) is 6.92 Å². The first-order valence-corrected chi connectivity index (χ1v) is 5.41. The lowest BCUT2D eigenvalue weighted by Crippen LogP contribution is -2.09. The number of aromatic nitrogens is 2. The molecule has 0 amide bonds. The van der Waals surface area contributed by atoms with Crippen LogP contribution in [-0.2, 0) is 9.84 Å². The van der Waals surface area contributed by atoms with Gasteiger partial charge >= 0.3 is 0 Å². The van der Waals surface area contributed by atoms with E-state index in [-0.39, 0.29) is 5.75 Å². The lowest BCUT2D eigenvalue weighted by molar-refractivity contribution is 0.577. The molecule has 0 fully saturated rings. The topological polar surface area (TPSA) is 59.9 Å². The van der Waals surface area contributed by atoms with Crippen LogP contribution in [0.25, 0.3) is 0 Å². The van der Waals surface area contributed by atoms with Crippen LogP contribution in [0.3, 0.4) is 0 Å². The number of hydrogen-bond donors (Lipinski definition) is 0. The van der Waals surface area contributed by atoms with Crippen molar-refractivity contribution >= 4 is 21.4 Å². The Balaban J connectivity index is 3.27. The fraction of sp³-hybridized carbons (Fsp3) is 0.333. The Bertz CT molecular complexity index is 421. The zero-order valence-electron chi connectivity index (χ0n) is 6.66. The van der Waals surface area contributed by atoms with Crippen LogP contribution >= 0.6 is 11.6 Å². The zero-order chi connectivity index (χ0) is 10.1. The van der Waals surface area contributed by atoms with E-state index < -0.39 is 26.0 Å². The van der Waals surface area contributed by atoms with Crippen LogP contribution in [0.5, 0.6) is 0 Å². The third kappa shape index (κ3) is 2.13. The molecule has 72 valence electrons. The van der Waals surface area contributed by atoms with Crippen LogP contribution in [0.1, 0.15) is 6.92 Å². The Hall–Kier alpha value is -0.750.